The summed E-state index contributed by atoms with van der Waals surface area (Å²) in [4.78, 5) is 22.6. The summed E-state index contributed by atoms with van der Waals surface area (Å²) in [7, 11) is 0. The van der Waals surface area contributed by atoms with E-state index in [1.807, 2.05) is 70.2 Å². The number of nitriles is 1. The van der Waals surface area contributed by atoms with Crippen molar-refractivity contribution in [1.82, 2.24) is 24.6 Å². The van der Waals surface area contributed by atoms with Crippen LogP contribution in [0.2, 0.25) is 0 Å². The first-order valence-corrected chi connectivity index (χ1v) is 13.7. The van der Waals surface area contributed by atoms with Gasteiger partial charge in [0.25, 0.3) is 0 Å². The largest absolute Gasteiger partial charge is 0.488 e. The molecule has 0 spiro atoms. The molecule has 2 aromatic heterocycles. The molecular weight excluding hydrogens is 530 g/mol. The van der Waals surface area contributed by atoms with Gasteiger partial charge < -0.3 is 20.1 Å². The van der Waals surface area contributed by atoms with E-state index in [2.05, 4.69) is 16.0 Å². The Bertz CT molecular complexity index is 1790. The van der Waals surface area contributed by atoms with Crippen molar-refractivity contribution in [2.24, 2.45) is 0 Å². The van der Waals surface area contributed by atoms with Crippen molar-refractivity contribution >= 4 is 22.8 Å². The minimum absolute atomic E-state index is 0.000411. The van der Waals surface area contributed by atoms with E-state index in [1.54, 1.807) is 19.1 Å². The van der Waals surface area contributed by atoms with Gasteiger partial charge in [0.1, 0.15) is 47.8 Å². The second kappa shape index (κ2) is 11.6. The molecule has 0 aliphatic carbocycles. The Morgan fingerprint density at radius 3 is 2.71 bits per heavy atom. The molecule has 10 nitrogen and oxygen atoms in total. The van der Waals surface area contributed by atoms with Crippen LogP contribution in [0.15, 0.2) is 79.1 Å². The highest BCUT2D eigenvalue weighted by atomic mass is 16.5. The molecule has 3 heterocycles. The number of ether oxygens (including phenoxy) is 2. The van der Waals surface area contributed by atoms with Crippen molar-refractivity contribution in [3.63, 3.8) is 0 Å². The Hall–Kier alpha value is -5.43. The number of rotatable bonds is 7. The number of fused-ring (bicyclic) bond motifs is 1. The van der Waals surface area contributed by atoms with Gasteiger partial charge in [-0.2, -0.15) is 10.4 Å². The summed E-state index contributed by atoms with van der Waals surface area (Å²) < 4.78 is 13.9. The zero-order valence-corrected chi connectivity index (χ0v) is 23.1. The number of carbonyl (C=O) groups excluding carboxylic acids is 1. The van der Waals surface area contributed by atoms with Crippen molar-refractivity contribution in [3.05, 3.63) is 90.3 Å². The Labute approximate surface area is 242 Å². The molecule has 1 saturated heterocycles. The molecule has 0 bridgehead atoms. The number of nitrogens with two attached hydrogens (primary N) is 1. The number of piperidine rings is 1. The lowest BCUT2D eigenvalue weighted by atomic mass is 10.1. The van der Waals surface area contributed by atoms with Crippen LogP contribution in [0.3, 0.4) is 0 Å². The lowest BCUT2D eigenvalue weighted by Gasteiger charge is -2.32. The number of likely N-dealkylation sites (tertiary alicyclic amines) is 1. The summed E-state index contributed by atoms with van der Waals surface area (Å²) >= 11 is 0. The Kier molecular flexibility index (Phi) is 7.39. The first-order valence-electron chi connectivity index (χ1n) is 13.7. The second-order valence-corrected chi connectivity index (χ2v) is 10.2. The van der Waals surface area contributed by atoms with Gasteiger partial charge in [0.2, 0.25) is 5.91 Å². The normalized spacial score (nSPS) is 14.9. The number of aromatic nitrogens is 4. The summed E-state index contributed by atoms with van der Waals surface area (Å²) in [5.41, 5.74) is 9.92. The lowest BCUT2D eigenvalue weighted by Crippen LogP contribution is -2.39. The van der Waals surface area contributed by atoms with Gasteiger partial charge in [0.15, 0.2) is 5.65 Å². The molecule has 42 heavy (non-hydrogen) atoms. The zero-order valence-electron chi connectivity index (χ0n) is 23.1. The fourth-order valence-electron chi connectivity index (χ4n) is 5.25. The van der Waals surface area contributed by atoms with Crippen LogP contribution < -0.4 is 15.2 Å². The predicted octanol–water partition coefficient (Wildman–Crippen LogP) is 5.50. The highest BCUT2D eigenvalue weighted by Gasteiger charge is 2.27. The van der Waals surface area contributed by atoms with E-state index in [-0.39, 0.29) is 11.9 Å². The van der Waals surface area contributed by atoms with Crippen LogP contribution in [0.5, 0.6) is 17.2 Å². The molecule has 210 valence electrons. The predicted molar refractivity (Wildman–Crippen MR) is 158 cm³/mol. The number of nitrogen functional groups attached to an aromatic ring is 1. The third kappa shape index (κ3) is 5.45. The first-order chi connectivity index (χ1) is 20.5. The quantitative estimate of drug-likeness (QED) is 0.276. The molecule has 6 rings (SSSR count). The Morgan fingerprint density at radius 2 is 1.90 bits per heavy atom. The van der Waals surface area contributed by atoms with Gasteiger partial charge in [-0.25, -0.2) is 14.6 Å². The summed E-state index contributed by atoms with van der Waals surface area (Å²) in [6.45, 7) is 3.23. The average molecular weight is 560 g/mol. The molecule has 1 fully saturated rings. The van der Waals surface area contributed by atoms with E-state index in [1.165, 1.54) is 6.33 Å². The summed E-state index contributed by atoms with van der Waals surface area (Å²) in [6.07, 6.45) is 3.24. The maximum absolute atomic E-state index is 12.0. The van der Waals surface area contributed by atoms with E-state index in [0.29, 0.717) is 58.5 Å². The number of benzene rings is 3. The van der Waals surface area contributed by atoms with Crippen molar-refractivity contribution in [2.75, 3.05) is 18.8 Å². The van der Waals surface area contributed by atoms with Gasteiger partial charge in [-0.05, 0) is 66.9 Å². The molecule has 1 unspecified atom stereocenters. The highest BCUT2D eigenvalue weighted by Crippen LogP contribution is 2.35. The zero-order chi connectivity index (χ0) is 29.1. The molecule has 0 radical (unpaired) electrons. The number of carbonyl (C=O) groups is 1. The van der Waals surface area contributed by atoms with Gasteiger partial charge in [0.05, 0.1) is 17.0 Å². The summed E-state index contributed by atoms with van der Waals surface area (Å²) in [6, 6.07) is 24.6. The third-order valence-electron chi connectivity index (χ3n) is 7.37. The maximum Gasteiger partial charge on any atom is 0.219 e. The van der Waals surface area contributed by atoms with E-state index in [4.69, 9.17) is 20.3 Å². The van der Waals surface area contributed by atoms with Gasteiger partial charge in [-0.1, -0.05) is 24.3 Å². The highest BCUT2D eigenvalue weighted by molar-refractivity contribution is 5.98. The third-order valence-corrected chi connectivity index (χ3v) is 7.37. The van der Waals surface area contributed by atoms with Gasteiger partial charge in [-0.3, -0.25) is 4.79 Å². The van der Waals surface area contributed by atoms with Crippen LogP contribution in [0.4, 0.5) is 5.82 Å². The molecule has 1 amide bonds. The van der Waals surface area contributed by atoms with Crippen LogP contribution in [-0.2, 0) is 11.4 Å². The number of amides is 1. The number of hydrogen-bond acceptors (Lipinski definition) is 8. The smallest absolute Gasteiger partial charge is 0.219 e. The molecule has 5 aromatic rings. The minimum atomic E-state index is 0.000411. The van der Waals surface area contributed by atoms with Crippen molar-refractivity contribution in [3.8, 4) is 34.6 Å². The molecule has 2 N–H and O–H groups in total. The number of anilines is 1. The minimum Gasteiger partial charge on any atom is -0.488 e. The average Bonchev–Trinajstić information content (AvgIpc) is 3.42. The number of para-hydroxylation sites is 1. The van der Waals surface area contributed by atoms with Crippen LogP contribution >= 0.6 is 0 Å². The monoisotopic (exact) mass is 559 g/mol. The van der Waals surface area contributed by atoms with Crippen molar-refractivity contribution in [1.29, 1.82) is 5.26 Å². The first kappa shape index (κ1) is 26.8. The summed E-state index contributed by atoms with van der Waals surface area (Å²) in [5.74, 6) is 2.28. The Morgan fingerprint density at radius 1 is 1.07 bits per heavy atom. The van der Waals surface area contributed by atoms with E-state index >= 15 is 0 Å². The molecule has 10 heteroatoms. The molecule has 1 aliphatic rings. The van der Waals surface area contributed by atoms with Gasteiger partial charge in [0, 0.05) is 25.6 Å². The van der Waals surface area contributed by atoms with Gasteiger partial charge >= 0.3 is 0 Å². The molecule has 0 saturated carbocycles. The number of hydrogen-bond donors (Lipinski definition) is 1. The Balaban J connectivity index is 1.21. The van der Waals surface area contributed by atoms with Crippen LogP contribution in [0, 0.1) is 11.3 Å². The lowest BCUT2D eigenvalue weighted by molar-refractivity contribution is -0.130. The van der Waals surface area contributed by atoms with Crippen molar-refractivity contribution < 1.29 is 14.3 Å². The molecule has 3 aromatic carbocycles. The van der Waals surface area contributed by atoms with E-state index in [9.17, 15) is 10.1 Å². The van der Waals surface area contributed by atoms with Crippen LogP contribution in [0.25, 0.3) is 22.3 Å². The molecule has 1 aliphatic heterocycles. The second-order valence-electron chi connectivity index (χ2n) is 10.2. The van der Waals surface area contributed by atoms with Crippen LogP contribution in [-0.4, -0.2) is 43.6 Å². The van der Waals surface area contributed by atoms with Gasteiger partial charge in [-0.15, -0.1) is 0 Å². The SMILES string of the molecule is CC(=O)N1CCCC(n2nc(-c3ccc(Oc4cccc(COc5ccccc5C#N)c4)cc3)c3c(N)ncnc32)C1. The fourth-order valence-corrected chi connectivity index (χ4v) is 5.25. The van der Waals surface area contributed by atoms with E-state index < -0.39 is 0 Å². The fraction of sp³-hybridized carbons (Fsp3) is 0.219. The topological polar surface area (TPSA) is 132 Å². The molecular formula is C32H29N7O3. The molecule has 1 atom stereocenters. The van der Waals surface area contributed by atoms with E-state index in [0.717, 1.165) is 30.5 Å². The number of nitrogens with zero attached hydrogens (tertiary/aromatic N) is 6. The standard InChI is InChI=1S/C32H29N7O3/c1-21(40)38-15-5-8-25(18-38)39-32-29(31(34)35-20-36-32)30(37-39)23-11-13-26(14-12-23)42-27-9-4-6-22(16-27)19-41-28-10-3-2-7-24(28)17-33/h2-4,6-7,9-14,16,20,25H,5,8,15,18-19H2,1H3,(H2,34,35,36). The maximum atomic E-state index is 12.0. The van der Waals surface area contributed by atoms with Crippen LogP contribution in [0.1, 0.15) is 36.9 Å². The summed E-state index contributed by atoms with van der Waals surface area (Å²) in [5, 5.41) is 14.9. The van der Waals surface area contributed by atoms with Crippen molar-refractivity contribution in [2.45, 2.75) is 32.4 Å².